The largest absolute Gasteiger partial charge is 0.467 e. The molecule has 0 unspecified atom stereocenters. The highest BCUT2D eigenvalue weighted by Gasteiger charge is 2.35. The number of amides is 1. The van der Waals surface area contributed by atoms with Crippen molar-refractivity contribution in [3.05, 3.63) is 41.1 Å². The molecule has 1 aliphatic heterocycles. The van der Waals surface area contributed by atoms with Crippen molar-refractivity contribution in [3.8, 4) is 5.75 Å². The van der Waals surface area contributed by atoms with E-state index >= 15 is 0 Å². The van der Waals surface area contributed by atoms with Crippen LogP contribution in [-0.4, -0.2) is 51.4 Å². The summed E-state index contributed by atoms with van der Waals surface area (Å²) in [6, 6.07) is 7.40. The van der Waals surface area contributed by atoms with Crippen LogP contribution in [-0.2, 0) is 18.8 Å². The van der Waals surface area contributed by atoms with Crippen LogP contribution in [0, 0.1) is 0 Å². The number of esters is 1. The van der Waals surface area contributed by atoms with E-state index in [0.29, 0.717) is 29.6 Å². The lowest BCUT2D eigenvalue weighted by Gasteiger charge is -2.28. The molecular formula is C21H30ClNO5Si. The third kappa shape index (κ3) is 6.87. The Kier molecular flexibility index (Phi) is 8.73. The average molecular weight is 440 g/mol. The summed E-state index contributed by atoms with van der Waals surface area (Å²) in [5.74, 6) is 0.166. The molecule has 1 aromatic carbocycles. The quantitative estimate of drug-likeness (QED) is 0.377. The first-order valence-corrected chi connectivity index (χ1v) is 13.4. The third-order valence-corrected chi connectivity index (χ3v) is 7.69. The molecule has 1 atom stereocenters. The Morgan fingerprint density at radius 2 is 2.03 bits per heavy atom. The maximum absolute atomic E-state index is 12.5. The zero-order valence-corrected chi connectivity index (χ0v) is 19.3. The summed E-state index contributed by atoms with van der Waals surface area (Å²) in [6.45, 7) is 7.10. The molecule has 29 heavy (non-hydrogen) atoms. The third-order valence-electron chi connectivity index (χ3n) is 4.84. The maximum Gasteiger partial charge on any atom is 0.328 e. The summed E-state index contributed by atoms with van der Waals surface area (Å²) in [5.41, 5.74) is 0. The summed E-state index contributed by atoms with van der Waals surface area (Å²) in [5, 5.41) is 0.455. The van der Waals surface area contributed by atoms with E-state index < -0.39 is 20.3 Å². The summed E-state index contributed by atoms with van der Waals surface area (Å²) in [4.78, 5) is 26.3. The van der Waals surface area contributed by atoms with Gasteiger partial charge < -0.3 is 18.8 Å². The van der Waals surface area contributed by atoms with Crippen molar-refractivity contribution in [1.29, 1.82) is 0 Å². The second-order valence-electron chi connectivity index (χ2n) is 7.65. The molecule has 1 aliphatic rings. The van der Waals surface area contributed by atoms with Gasteiger partial charge in [-0.2, -0.15) is 0 Å². The summed E-state index contributed by atoms with van der Waals surface area (Å²) < 4.78 is 16.8. The molecule has 0 N–H and O–H groups in total. The predicted octanol–water partition coefficient (Wildman–Crippen LogP) is 4.40. The van der Waals surface area contributed by atoms with Gasteiger partial charge in [0.15, 0.2) is 8.32 Å². The average Bonchev–Trinajstić information content (AvgIpc) is 3.04. The number of unbranched alkanes of at least 4 members (excludes halogenated alkanes) is 1. The van der Waals surface area contributed by atoms with Gasteiger partial charge in [0.2, 0.25) is 0 Å². The number of halogens is 1. The van der Waals surface area contributed by atoms with E-state index in [4.69, 9.17) is 25.5 Å². The molecule has 1 amide bonds. The van der Waals surface area contributed by atoms with Gasteiger partial charge in [-0.1, -0.05) is 43.5 Å². The lowest BCUT2D eigenvalue weighted by atomic mass is 10.2. The Hall–Kier alpha value is -1.83. The van der Waals surface area contributed by atoms with E-state index in [1.54, 1.807) is 24.3 Å². The highest BCUT2D eigenvalue weighted by molar-refractivity contribution is 6.71. The second-order valence-corrected chi connectivity index (χ2v) is 12.4. The number of hydrogen-bond donors (Lipinski definition) is 0. The number of nitrogens with zero attached hydrogens (tertiary/aromatic N) is 1. The standard InChI is InChI=1S/C21H30ClNO5Si/c1-5-6-13-29(3,4)27-12-11-18(21(25)26-2)23-15-16(14-20(23)24)28-19-10-8-7-9-17(19)22/h7-10,14,18H,5-6,11-13,15H2,1-4H3/t18-/m0/s1. The van der Waals surface area contributed by atoms with Gasteiger partial charge in [-0.25, -0.2) is 4.79 Å². The second kappa shape index (κ2) is 10.8. The normalized spacial score (nSPS) is 15.3. The van der Waals surface area contributed by atoms with Crippen molar-refractivity contribution in [2.45, 2.75) is 51.4 Å². The fourth-order valence-electron chi connectivity index (χ4n) is 3.16. The van der Waals surface area contributed by atoms with Crippen LogP contribution in [0.4, 0.5) is 0 Å². The zero-order chi connectivity index (χ0) is 21.4. The lowest BCUT2D eigenvalue weighted by Crippen LogP contribution is -2.45. The molecule has 8 heteroatoms. The Labute approximate surface area is 178 Å². The fourth-order valence-corrected chi connectivity index (χ4v) is 5.36. The molecule has 6 nitrogen and oxygen atoms in total. The van der Waals surface area contributed by atoms with Gasteiger partial charge >= 0.3 is 5.97 Å². The molecule has 1 aromatic rings. The van der Waals surface area contributed by atoms with Crippen molar-refractivity contribution in [3.63, 3.8) is 0 Å². The fraction of sp³-hybridized carbons (Fsp3) is 0.524. The van der Waals surface area contributed by atoms with E-state index in [9.17, 15) is 9.59 Å². The Bertz CT molecular complexity index is 752. The number of benzene rings is 1. The van der Waals surface area contributed by atoms with Crippen LogP contribution >= 0.6 is 11.6 Å². The Morgan fingerprint density at radius 3 is 2.69 bits per heavy atom. The zero-order valence-electron chi connectivity index (χ0n) is 17.6. The van der Waals surface area contributed by atoms with E-state index in [2.05, 4.69) is 20.0 Å². The van der Waals surface area contributed by atoms with Gasteiger partial charge in [0, 0.05) is 19.1 Å². The number of carbonyl (C=O) groups is 2. The van der Waals surface area contributed by atoms with Gasteiger partial charge in [0.05, 0.1) is 18.7 Å². The number of para-hydroxylation sites is 1. The molecule has 0 fully saturated rings. The molecule has 0 aliphatic carbocycles. The van der Waals surface area contributed by atoms with Crippen LogP contribution in [0.3, 0.4) is 0 Å². The first-order chi connectivity index (χ1) is 13.8. The monoisotopic (exact) mass is 439 g/mol. The maximum atomic E-state index is 12.5. The molecule has 0 aromatic heterocycles. The number of hydrogen-bond acceptors (Lipinski definition) is 5. The predicted molar refractivity (Wildman–Crippen MR) is 115 cm³/mol. The van der Waals surface area contributed by atoms with Crippen molar-refractivity contribution in [1.82, 2.24) is 4.90 Å². The first kappa shape index (κ1) is 23.4. The minimum absolute atomic E-state index is 0.181. The van der Waals surface area contributed by atoms with E-state index in [0.717, 1.165) is 18.9 Å². The van der Waals surface area contributed by atoms with Crippen molar-refractivity contribution in [2.75, 3.05) is 20.3 Å². The van der Waals surface area contributed by atoms with Crippen molar-refractivity contribution in [2.24, 2.45) is 0 Å². The van der Waals surface area contributed by atoms with Gasteiger partial charge in [-0.05, 0) is 31.3 Å². The smallest absolute Gasteiger partial charge is 0.328 e. The number of rotatable bonds is 11. The number of carbonyl (C=O) groups excluding carboxylic acids is 2. The molecule has 0 radical (unpaired) electrons. The van der Waals surface area contributed by atoms with Crippen LogP contribution < -0.4 is 4.74 Å². The minimum atomic E-state index is -1.77. The molecule has 0 spiro atoms. The molecule has 2 rings (SSSR count). The molecule has 0 saturated heterocycles. The first-order valence-electron chi connectivity index (χ1n) is 9.92. The number of ether oxygens (including phenoxy) is 2. The van der Waals surface area contributed by atoms with Crippen LogP contribution in [0.1, 0.15) is 26.2 Å². The molecule has 1 heterocycles. The molecule has 0 bridgehead atoms. The molecular weight excluding hydrogens is 410 g/mol. The van der Waals surface area contributed by atoms with Gasteiger partial charge in [-0.15, -0.1) is 0 Å². The van der Waals surface area contributed by atoms with Crippen molar-refractivity contribution < 1.29 is 23.5 Å². The van der Waals surface area contributed by atoms with Crippen molar-refractivity contribution >= 4 is 31.8 Å². The van der Waals surface area contributed by atoms with E-state index in [1.807, 2.05) is 0 Å². The SMILES string of the molecule is CCCC[Si](C)(C)OCC[C@@H](C(=O)OC)N1CC(Oc2ccccc2Cl)=CC1=O. The summed E-state index contributed by atoms with van der Waals surface area (Å²) in [6.07, 6.45) is 4.04. The summed E-state index contributed by atoms with van der Waals surface area (Å²) in [7, 11) is -0.447. The van der Waals surface area contributed by atoms with E-state index in [-0.39, 0.29) is 12.5 Å². The van der Waals surface area contributed by atoms with Crippen LogP contribution in [0.5, 0.6) is 5.75 Å². The van der Waals surface area contributed by atoms with E-state index in [1.165, 1.54) is 18.1 Å². The van der Waals surface area contributed by atoms with Crippen LogP contribution in [0.15, 0.2) is 36.1 Å². The lowest BCUT2D eigenvalue weighted by molar-refractivity contribution is -0.151. The summed E-state index contributed by atoms with van der Waals surface area (Å²) >= 11 is 6.12. The number of methoxy groups -OCH3 is 1. The Morgan fingerprint density at radius 1 is 1.31 bits per heavy atom. The minimum Gasteiger partial charge on any atom is -0.467 e. The van der Waals surface area contributed by atoms with Crippen LogP contribution in [0.25, 0.3) is 0 Å². The van der Waals surface area contributed by atoms with Gasteiger partial charge in [0.25, 0.3) is 5.91 Å². The highest BCUT2D eigenvalue weighted by atomic mass is 35.5. The Balaban J connectivity index is 1.99. The van der Waals surface area contributed by atoms with Crippen LogP contribution in [0.2, 0.25) is 24.2 Å². The topological polar surface area (TPSA) is 65.1 Å². The molecule has 0 saturated carbocycles. The molecule has 160 valence electrons. The van der Waals surface area contributed by atoms with Gasteiger partial charge in [0.1, 0.15) is 17.6 Å². The highest BCUT2D eigenvalue weighted by Crippen LogP contribution is 2.27. The van der Waals surface area contributed by atoms with Gasteiger partial charge in [-0.3, -0.25) is 4.79 Å².